The van der Waals surface area contributed by atoms with E-state index >= 15 is 0 Å². The maximum absolute atomic E-state index is 12.6. The number of rotatable bonds is 2. The minimum atomic E-state index is 0.201. The maximum Gasteiger partial charge on any atom is 0.263 e. The quantitative estimate of drug-likeness (QED) is 0.754. The van der Waals surface area contributed by atoms with Crippen LogP contribution in [0.3, 0.4) is 0 Å². The van der Waals surface area contributed by atoms with Crippen molar-refractivity contribution in [1.82, 2.24) is 4.90 Å². The Hall–Kier alpha value is -0.870. The van der Waals surface area contributed by atoms with E-state index in [4.69, 9.17) is 0 Å². The molecule has 1 unspecified atom stereocenters. The lowest BCUT2D eigenvalue weighted by molar-refractivity contribution is 0.0691. The van der Waals surface area contributed by atoms with Crippen LogP contribution in [0.1, 0.15) is 22.5 Å². The summed E-state index contributed by atoms with van der Waals surface area (Å²) in [7, 11) is 0. The fourth-order valence-corrected chi connectivity index (χ4v) is 4.18. The molecular weight excluding hydrogens is 322 g/mol. The second-order valence-electron chi connectivity index (χ2n) is 5.06. The van der Waals surface area contributed by atoms with Gasteiger partial charge in [0.05, 0.1) is 4.88 Å². The van der Waals surface area contributed by atoms with Crippen molar-refractivity contribution in [2.45, 2.75) is 12.8 Å². The zero-order valence-corrected chi connectivity index (χ0v) is 13.0. The number of carbonyl (C=O) groups is 1. The lowest BCUT2D eigenvalue weighted by Gasteiger charge is -2.31. The van der Waals surface area contributed by atoms with Gasteiger partial charge in [0.15, 0.2) is 0 Å². The highest BCUT2D eigenvalue weighted by Crippen LogP contribution is 2.28. The van der Waals surface area contributed by atoms with E-state index in [1.54, 1.807) is 11.3 Å². The number of benzene rings is 1. The van der Waals surface area contributed by atoms with Gasteiger partial charge in [-0.15, -0.1) is 11.3 Å². The van der Waals surface area contributed by atoms with Gasteiger partial charge in [0.2, 0.25) is 0 Å². The molecule has 1 aliphatic heterocycles. The molecule has 4 heteroatoms. The average Bonchev–Trinajstić information content (AvgIpc) is 2.90. The predicted molar refractivity (Wildman–Crippen MR) is 84.2 cm³/mol. The first-order valence-corrected chi connectivity index (χ1v) is 8.55. The van der Waals surface area contributed by atoms with Crippen molar-refractivity contribution >= 4 is 43.3 Å². The normalized spacial score (nSPS) is 19.8. The van der Waals surface area contributed by atoms with Crippen molar-refractivity contribution in [2.24, 2.45) is 5.92 Å². The van der Waals surface area contributed by atoms with Crippen LogP contribution in [0.25, 0.3) is 10.1 Å². The Kier molecular flexibility index (Phi) is 3.89. The molecular formula is C15H16BrNOS. The van der Waals surface area contributed by atoms with Crippen LogP contribution in [0.5, 0.6) is 0 Å². The van der Waals surface area contributed by atoms with Crippen LogP contribution in [0, 0.1) is 5.92 Å². The van der Waals surface area contributed by atoms with E-state index in [1.807, 2.05) is 23.1 Å². The SMILES string of the molecule is O=C(c1cc2ccccc2s1)N1CCCC(CBr)C1. The summed E-state index contributed by atoms with van der Waals surface area (Å²) in [6.07, 6.45) is 2.34. The molecule has 0 aliphatic carbocycles. The molecule has 1 atom stereocenters. The second kappa shape index (κ2) is 5.63. The summed E-state index contributed by atoms with van der Waals surface area (Å²) >= 11 is 5.14. The summed E-state index contributed by atoms with van der Waals surface area (Å²) in [4.78, 5) is 15.4. The van der Waals surface area contributed by atoms with Gasteiger partial charge in [-0.05, 0) is 36.3 Å². The minimum Gasteiger partial charge on any atom is -0.338 e. The Bertz CT molecular complexity index is 562. The molecule has 19 heavy (non-hydrogen) atoms. The Morgan fingerprint density at radius 1 is 1.42 bits per heavy atom. The zero-order chi connectivity index (χ0) is 13.2. The van der Waals surface area contributed by atoms with Crippen LogP contribution in [-0.4, -0.2) is 29.2 Å². The van der Waals surface area contributed by atoms with Crippen LogP contribution < -0.4 is 0 Å². The van der Waals surface area contributed by atoms with Crippen LogP contribution in [0.2, 0.25) is 0 Å². The number of piperidine rings is 1. The molecule has 3 rings (SSSR count). The van der Waals surface area contributed by atoms with Gasteiger partial charge < -0.3 is 4.90 Å². The highest BCUT2D eigenvalue weighted by atomic mass is 79.9. The van der Waals surface area contributed by atoms with Crippen molar-refractivity contribution in [3.05, 3.63) is 35.2 Å². The summed E-state index contributed by atoms with van der Waals surface area (Å²) < 4.78 is 1.19. The molecule has 0 bridgehead atoms. The minimum absolute atomic E-state index is 0.201. The monoisotopic (exact) mass is 337 g/mol. The molecule has 1 aliphatic rings. The zero-order valence-electron chi connectivity index (χ0n) is 10.6. The van der Waals surface area contributed by atoms with Gasteiger partial charge in [-0.2, -0.15) is 0 Å². The number of alkyl halides is 1. The fourth-order valence-electron chi connectivity index (χ4n) is 2.62. The van der Waals surface area contributed by atoms with Gasteiger partial charge in [0, 0.05) is 23.1 Å². The van der Waals surface area contributed by atoms with Crippen molar-refractivity contribution in [3.8, 4) is 0 Å². The molecule has 1 fully saturated rings. The smallest absolute Gasteiger partial charge is 0.263 e. The first kappa shape index (κ1) is 13.1. The molecule has 2 heterocycles. The van der Waals surface area contributed by atoms with Gasteiger partial charge in [-0.1, -0.05) is 34.1 Å². The van der Waals surface area contributed by atoms with E-state index in [1.165, 1.54) is 16.5 Å². The van der Waals surface area contributed by atoms with Gasteiger partial charge in [0.25, 0.3) is 5.91 Å². The van der Waals surface area contributed by atoms with E-state index in [-0.39, 0.29) is 5.91 Å². The number of thiophene rings is 1. The fraction of sp³-hybridized carbons (Fsp3) is 0.400. The largest absolute Gasteiger partial charge is 0.338 e. The molecule has 2 aromatic rings. The van der Waals surface area contributed by atoms with E-state index in [0.29, 0.717) is 5.92 Å². The summed E-state index contributed by atoms with van der Waals surface area (Å²) in [6, 6.07) is 10.2. The Labute approximate surface area is 125 Å². The Balaban J connectivity index is 1.82. The number of halogens is 1. The number of likely N-dealkylation sites (tertiary alicyclic amines) is 1. The topological polar surface area (TPSA) is 20.3 Å². The molecule has 0 spiro atoms. The lowest BCUT2D eigenvalue weighted by atomic mass is 10.00. The van der Waals surface area contributed by atoms with E-state index in [9.17, 15) is 4.79 Å². The van der Waals surface area contributed by atoms with Crippen LogP contribution in [0.15, 0.2) is 30.3 Å². The number of amides is 1. The molecule has 1 aromatic heterocycles. The van der Waals surface area contributed by atoms with Crippen molar-refractivity contribution < 1.29 is 4.79 Å². The van der Waals surface area contributed by atoms with Gasteiger partial charge in [-0.25, -0.2) is 0 Å². The number of hydrogen-bond donors (Lipinski definition) is 0. The molecule has 100 valence electrons. The summed E-state index contributed by atoms with van der Waals surface area (Å²) in [5.74, 6) is 0.805. The highest BCUT2D eigenvalue weighted by molar-refractivity contribution is 9.09. The van der Waals surface area contributed by atoms with Gasteiger partial charge in [0.1, 0.15) is 0 Å². The Morgan fingerprint density at radius 3 is 3.05 bits per heavy atom. The third kappa shape index (κ3) is 2.70. The molecule has 0 saturated carbocycles. The second-order valence-corrected chi connectivity index (χ2v) is 6.79. The molecule has 1 saturated heterocycles. The van der Waals surface area contributed by atoms with Crippen molar-refractivity contribution in [3.63, 3.8) is 0 Å². The van der Waals surface area contributed by atoms with E-state index in [2.05, 4.69) is 28.1 Å². The predicted octanol–water partition coefficient (Wildman–Crippen LogP) is 4.15. The number of fused-ring (bicyclic) bond motifs is 1. The highest BCUT2D eigenvalue weighted by Gasteiger charge is 2.24. The van der Waals surface area contributed by atoms with Gasteiger partial charge in [-0.3, -0.25) is 4.79 Å². The third-order valence-electron chi connectivity index (χ3n) is 3.66. The average molecular weight is 338 g/mol. The maximum atomic E-state index is 12.6. The summed E-state index contributed by atoms with van der Waals surface area (Å²) in [5, 5.41) is 2.16. The van der Waals surface area contributed by atoms with Crippen LogP contribution in [0.4, 0.5) is 0 Å². The lowest BCUT2D eigenvalue weighted by Crippen LogP contribution is -2.40. The number of nitrogens with zero attached hydrogens (tertiary/aromatic N) is 1. The Morgan fingerprint density at radius 2 is 2.26 bits per heavy atom. The van der Waals surface area contributed by atoms with Crippen molar-refractivity contribution in [1.29, 1.82) is 0 Å². The first-order chi connectivity index (χ1) is 9.28. The first-order valence-electron chi connectivity index (χ1n) is 6.62. The molecule has 0 N–H and O–H groups in total. The third-order valence-corrected chi connectivity index (χ3v) is 5.68. The molecule has 1 aromatic carbocycles. The number of carbonyl (C=O) groups excluding carboxylic acids is 1. The standard InChI is InChI=1S/C15H16BrNOS/c16-9-11-4-3-7-17(10-11)15(18)14-8-12-5-1-2-6-13(12)19-14/h1-2,5-6,8,11H,3-4,7,9-10H2. The van der Waals surface area contributed by atoms with Crippen molar-refractivity contribution in [2.75, 3.05) is 18.4 Å². The summed E-state index contributed by atoms with van der Waals surface area (Å²) in [5.41, 5.74) is 0. The molecule has 2 nitrogen and oxygen atoms in total. The number of hydrogen-bond acceptors (Lipinski definition) is 2. The van der Waals surface area contributed by atoms with Crippen LogP contribution >= 0.6 is 27.3 Å². The van der Waals surface area contributed by atoms with Gasteiger partial charge >= 0.3 is 0 Å². The van der Waals surface area contributed by atoms with Crippen LogP contribution in [-0.2, 0) is 0 Å². The molecule has 0 radical (unpaired) electrons. The summed E-state index contributed by atoms with van der Waals surface area (Å²) in [6.45, 7) is 1.79. The van der Waals surface area contributed by atoms with E-state index < -0.39 is 0 Å². The molecule has 1 amide bonds. The van der Waals surface area contributed by atoms with E-state index in [0.717, 1.165) is 29.7 Å².